The number of benzene rings is 1. The van der Waals surface area contributed by atoms with Crippen molar-refractivity contribution in [1.82, 2.24) is 19.7 Å². The van der Waals surface area contributed by atoms with Crippen molar-refractivity contribution in [2.75, 3.05) is 13.1 Å². The molecule has 1 saturated heterocycles. The SMILES string of the molecule is CC(C)N1CCC(c2nn(C)c3[nH]c(=O)c4cc(F)ccc4c23)CC1. The van der Waals surface area contributed by atoms with Crippen LogP contribution in [0.25, 0.3) is 21.8 Å². The van der Waals surface area contributed by atoms with Crippen LogP contribution in [0.1, 0.15) is 38.3 Å². The maximum Gasteiger partial charge on any atom is 0.257 e. The minimum atomic E-state index is -0.395. The molecule has 1 aliphatic rings. The number of H-pyrrole nitrogens is 1. The van der Waals surface area contributed by atoms with Crippen molar-refractivity contribution >= 4 is 21.8 Å². The fourth-order valence-electron chi connectivity index (χ4n) is 4.03. The van der Waals surface area contributed by atoms with E-state index in [4.69, 9.17) is 5.10 Å². The third kappa shape index (κ3) is 2.65. The average Bonchev–Trinajstić information content (AvgIpc) is 2.92. The van der Waals surface area contributed by atoms with Crippen molar-refractivity contribution in [1.29, 1.82) is 0 Å². The molecule has 0 radical (unpaired) electrons. The second kappa shape index (κ2) is 5.95. The van der Waals surface area contributed by atoms with E-state index in [9.17, 15) is 9.18 Å². The molecular weight excluding hydrogens is 319 g/mol. The quantitative estimate of drug-likeness (QED) is 0.778. The molecule has 0 atom stereocenters. The van der Waals surface area contributed by atoms with E-state index < -0.39 is 5.82 Å². The molecule has 0 amide bonds. The van der Waals surface area contributed by atoms with Crippen molar-refractivity contribution < 1.29 is 4.39 Å². The molecule has 1 fully saturated rings. The Balaban J connectivity index is 1.87. The molecule has 4 rings (SSSR count). The highest BCUT2D eigenvalue weighted by molar-refractivity contribution is 6.05. The Morgan fingerprint density at radius 1 is 1.24 bits per heavy atom. The Bertz CT molecular complexity index is 996. The van der Waals surface area contributed by atoms with Gasteiger partial charge in [0.05, 0.1) is 11.1 Å². The molecule has 5 nitrogen and oxygen atoms in total. The molecule has 0 saturated carbocycles. The number of nitrogens with one attached hydrogen (secondary N) is 1. The fourth-order valence-corrected chi connectivity index (χ4v) is 4.03. The van der Waals surface area contributed by atoms with Gasteiger partial charge in [-0.2, -0.15) is 5.10 Å². The highest BCUT2D eigenvalue weighted by Crippen LogP contribution is 2.35. The van der Waals surface area contributed by atoms with Gasteiger partial charge in [-0.3, -0.25) is 9.48 Å². The first-order valence-corrected chi connectivity index (χ1v) is 8.88. The van der Waals surface area contributed by atoms with E-state index >= 15 is 0 Å². The van der Waals surface area contributed by atoms with Crippen LogP contribution in [0.3, 0.4) is 0 Å². The molecule has 0 aliphatic carbocycles. The van der Waals surface area contributed by atoms with Crippen molar-refractivity contribution in [3.8, 4) is 0 Å². The molecule has 2 aromatic heterocycles. The Labute approximate surface area is 145 Å². The lowest BCUT2D eigenvalue weighted by molar-refractivity contribution is 0.171. The summed E-state index contributed by atoms with van der Waals surface area (Å²) in [6, 6.07) is 4.99. The van der Waals surface area contributed by atoms with Gasteiger partial charge in [-0.1, -0.05) is 6.07 Å². The van der Waals surface area contributed by atoms with Crippen LogP contribution >= 0.6 is 0 Å². The largest absolute Gasteiger partial charge is 0.306 e. The third-order valence-electron chi connectivity index (χ3n) is 5.45. The highest BCUT2D eigenvalue weighted by Gasteiger charge is 2.27. The second-order valence-electron chi connectivity index (χ2n) is 7.28. The molecular formula is C19H23FN4O. The molecule has 25 heavy (non-hydrogen) atoms. The topological polar surface area (TPSA) is 53.9 Å². The summed E-state index contributed by atoms with van der Waals surface area (Å²) in [5.74, 6) is -0.0362. The third-order valence-corrected chi connectivity index (χ3v) is 5.45. The summed E-state index contributed by atoms with van der Waals surface area (Å²) >= 11 is 0. The number of rotatable bonds is 2. The highest BCUT2D eigenvalue weighted by atomic mass is 19.1. The number of fused-ring (bicyclic) bond motifs is 3. The number of aromatic amines is 1. The molecule has 0 bridgehead atoms. The Hall–Kier alpha value is -2.21. The fraction of sp³-hybridized carbons (Fsp3) is 0.474. The van der Waals surface area contributed by atoms with Gasteiger partial charge in [-0.25, -0.2) is 4.39 Å². The van der Waals surface area contributed by atoms with Crippen LogP contribution in [0.2, 0.25) is 0 Å². The number of aryl methyl sites for hydroxylation is 1. The molecule has 1 aromatic carbocycles. The Morgan fingerprint density at radius 3 is 2.64 bits per heavy atom. The summed E-state index contributed by atoms with van der Waals surface area (Å²) in [7, 11) is 1.85. The maximum atomic E-state index is 13.6. The smallest absolute Gasteiger partial charge is 0.257 e. The molecule has 0 unspecified atom stereocenters. The zero-order valence-corrected chi connectivity index (χ0v) is 14.8. The van der Waals surface area contributed by atoms with Gasteiger partial charge in [0, 0.05) is 29.8 Å². The predicted molar refractivity (Wildman–Crippen MR) is 97.5 cm³/mol. The number of nitrogens with zero attached hydrogens (tertiary/aromatic N) is 3. The minimum absolute atomic E-state index is 0.272. The van der Waals surface area contributed by atoms with Crippen LogP contribution < -0.4 is 5.56 Å². The van der Waals surface area contributed by atoms with E-state index in [1.54, 1.807) is 10.7 Å². The molecule has 0 spiro atoms. The number of pyridine rings is 1. The molecule has 1 N–H and O–H groups in total. The van der Waals surface area contributed by atoms with Gasteiger partial charge < -0.3 is 9.88 Å². The first kappa shape index (κ1) is 16.3. The van der Waals surface area contributed by atoms with E-state index in [0.717, 1.165) is 42.4 Å². The monoisotopic (exact) mass is 342 g/mol. The number of halogens is 1. The van der Waals surface area contributed by atoms with Crippen molar-refractivity contribution in [3.05, 3.63) is 40.1 Å². The van der Waals surface area contributed by atoms with E-state index in [1.807, 2.05) is 7.05 Å². The number of hydrogen-bond acceptors (Lipinski definition) is 3. The summed E-state index contributed by atoms with van der Waals surface area (Å²) in [6.45, 7) is 6.55. The lowest BCUT2D eigenvalue weighted by atomic mass is 9.90. The first-order chi connectivity index (χ1) is 12.0. The standard InChI is InChI=1S/C19H23FN4O/c1-11(2)24-8-6-12(7-9-24)17-16-14-5-4-13(20)10-15(14)19(25)21-18(16)23(3)22-17/h4-5,10-12H,6-9H2,1-3H3,(H,21,25). The van der Waals surface area contributed by atoms with Crippen LogP contribution in [0, 0.1) is 5.82 Å². The van der Waals surface area contributed by atoms with E-state index in [1.165, 1.54) is 12.1 Å². The normalized spacial score (nSPS) is 17.2. The zero-order chi connectivity index (χ0) is 17.7. The molecule has 1 aliphatic heterocycles. The lowest BCUT2D eigenvalue weighted by Crippen LogP contribution is -2.37. The predicted octanol–water partition coefficient (Wildman–Crippen LogP) is 3.14. The average molecular weight is 342 g/mol. The first-order valence-electron chi connectivity index (χ1n) is 8.88. The Morgan fingerprint density at radius 2 is 1.96 bits per heavy atom. The van der Waals surface area contributed by atoms with Crippen LogP contribution in [0.5, 0.6) is 0 Å². The summed E-state index contributed by atoms with van der Waals surface area (Å²) in [6.07, 6.45) is 2.10. The number of likely N-dealkylation sites (tertiary alicyclic amines) is 1. The van der Waals surface area contributed by atoms with E-state index in [-0.39, 0.29) is 5.56 Å². The van der Waals surface area contributed by atoms with Gasteiger partial charge in [0.25, 0.3) is 5.56 Å². The van der Waals surface area contributed by atoms with Crippen LogP contribution in [-0.4, -0.2) is 38.8 Å². The van der Waals surface area contributed by atoms with Gasteiger partial charge in [0.15, 0.2) is 0 Å². The van der Waals surface area contributed by atoms with Gasteiger partial charge in [-0.15, -0.1) is 0 Å². The molecule has 6 heteroatoms. The number of piperidine rings is 1. The second-order valence-corrected chi connectivity index (χ2v) is 7.28. The zero-order valence-electron chi connectivity index (χ0n) is 14.8. The van der Waals surface area contributed by atoms with Crippen molar-refractivity contribution in [2.45, 2.75) is 38.6 Å². The van der Waals surface area contributed by atoms with Gasteiger partial charge in [0.2, 0.25) is 0 Å². The van der Waals surface area contributed by atoms with Crippen LogP contribution in [0.4, 0.5) is 4.39 Å². The molecule has 3 aromatic rings. The summed E-state index contributed by atoms with van der Waals surface area (Å²) in [5.41, 5.74) is 1.46. The van der Waals surface area contributed by atoms with Crippen molar-refractivity contribution in [2.24, 2.45) is 7.05 Å². The summed E-state index contributed by atoms with van der Waals surface area (Å²) < 4.78 is 15.4. The van der Waals surface area contributed by atoms with Crippen molar-refractivity contribution in [3.63, 3.8) is 0 Å². The molecule has 3 heterocycles. The van der Waals surface area contributed by atoms with Crippen LogP contribution in [-0.2, 0) is 7.05 Å². The lowest BCUT2D eigenvalue weighted by Gasteiger charge is -2.34. The minimum Gasteiger partial charge on any atom is -0.306 e. The number of hydrogen-bond donors (Lipinski definition) is 1. The van der Waals surface area contributed by atoms with Gasteiger partial charge in [-0.05, 0) is 51.9 Å². The van der Waals surface area contributed by atoms with Gasteiger partial charge in [0.1, 0.15) is 11.5 Å². The summed E-state index contributed by atoms with van der Waals surface area (Å²) in [4.78, 5) is 17.7. The van der Waals surface area contributed by atoms with Gasteiger partial charge >= 0.3 is 0 Å². The summed E-state index contributed by atoms with van der Waals surface area (Å²) in [5, 5.41) is 6.87. The molecule has 132 valence electrons. The Kier molecular flexibility index (Phi) is 3.87. The maximum absolute atomic E-state index is 13.6. The number of aromatic nitrogens is 3. The van der Waals surface area contributed by atoms with E-state index in [2.05, 4.69) is 23.7 Å². The van der Waals surface area contributed by atoms with E-state index in [0.29, 0.717) is 23.0 Å². The van der Waals surface area contributed by atoms with Crippen LogP contribution in [0.15, 0.2) is 23.0 Å².